The van der Waals surface area contributed by atoms with Gasteiger partial charge >= 0.3 is 0 Å². The second-order valence-electron chi connectivity index (χ2n) is 4.15. The van der Waals surface area contributed by atoms with Crippen LogP contribution >= 0.6 is 0 Å². The fourth-order valence-electron chi connectivity index (χ4n) is 0.723. The van der Waals surface area contributed by atoms with Crippen LogP contribution in [0.3, 0.4) is 0 Å². The number of hydrogen-bond donors (Lipinski definition) is 1. The molecule has 0 fully saturated rings. The molecule has 0 aromatic rings. The molecular formula is C10H19N. The van der Waals surface area contributed by atoms with Crippen LogP contribution in [0.15, 0.2) is 0 Å². The maximum Gasteiger partial charge on any atom is 0.0658 e. The molecule has 0 amide bonds. The third-order valence-corrected chi connectivity index (χ3v) is 1.58. The summed E-state index contributed by atoms with van der Waals surface area (Å²) in [6, 6.07) is 0.206. The van der Waals surface area contributed by atoms with Crippen molar-refractivity contribution in [2.75, 3.05) is 6.54 Å². The first-order valence-electron chi connectivity index (χ1n) is 4.15. The van der Waals surface area contributed by atoms with Crippen molar-refractivity contribution < 1.29 is 0 Å². The molecule has 0 aromatic carbocycles. The van der Waals surface area contributed by atoms with E-state index in [2.05, 4.69) is 32.0 Å². The summed E-state index contributed by atoms with van der Waals surface area (Å²) in [6.07, 6.45) is 6.38. The van der Waals surface area contributed by atoms with Gasteiger partial charge in [-0.15, -0.1) is 6.42 Å². The third-order valence-electron chi connectivity index (χ3n) is 1.58. The Labute approximate surface area is 70.6 Å². The normalized spacial score (nSPS) is 14.1. The Morgan fingerprint density at radius 2 is 2.00 bits per heavy atom. The van der Waals surface area contributed by atoms with Gasteiger partial charge < -0.3 is 5.32 Å². The first kappa shape index (κ1) is 10.5. The van der Waals surface area contributed by atoms with Gasteiger partial charge in [-0.25, -0.2) is 0 Å². The smallest absolute Gasteiger partial charge is 0.0658 e. The second kappa shape index (κ2) is 4.41. The van der Waals surface area contributed by atoms with Crippen molar-refractivity contribution in [2.24, 2.45) is 5.41 Å². The van der Waals surface area contributed by atoms with E-state index in [1.54, 1.807) is 0 Å². The lowest BCUT2D eigenvalue weighted by atomic mass is 9.92. The average molecular weight is 153 g/mol. The zero-order chi connectivity index (χ0) is 8.91. The SMILES string of the molecule is C#CC(C)NCCC(C)(C)C. The largest absolute Gasteiger partial charge is 0.304 e. The van der Waals surface area contributed by atoms with Crippen LogP contribution in [0.4, 0.5) is 0 Å². The summed E-state index contributed by atoms with van der Waals surface area (Å²) >= 11 is 0. The third kappa shape index (κ3) is 7.42. The molecule has 0 aliphatic rings. The summed E-state index contributed by atoms with van der Waals surface area (Å²) in [5, 5.41) is 3.25. The molecule has 0 radical (unpaired) electrons. The average Bonchev–Trinajstić information content (AvgIpc) is 1.85. The predicted molar refractivity (Wildman–Crippen MR) is 50.4 cm³/mol. The van der Waals surface area contributed by atoms with Gasteiger partial charge in [0, 0.05) is 0 Å². The summed E-state index contributed by atoms with van der Waals surface area (Å²) in [5.41, 5.74) is 0.404. The van der Waals surface area contributed by atoms with E-state index in [4.69, 9.17) is 6.42 Å². The van der Waals surface area contributed by atoms with Crippen molar-refractivity contribution in [3.8, 4) is 12.3 Å². The molecule has 0 rings (SSSR count). The Kier molecular flexibility index (Phi) is 4.22. The van der Waals surface area contributed by atoms with E-state index < -0.39 is 0 Å². The number of hydrogen-bond acceptors (Lipinski definition) is 1. The Bertz CT molecular complexity index is 136. The molecule has 0 heterocycles. The Morgan fingerprint density at radius 1 is 1.45 bits per heavy atom. The van der Waals surface area contributed by atoms with Crippen LogP contribution in [0.1, 0.15) is 34.1 Å². The van der Waals surface area contributed by atoms with E-state index in [9.17, 15) is 0 Å². The molecule has 1 nitrogen and oxygen atoms in total. The fourth-order valence-corrected chi connectivity index (χ4v) is 0.723. The van der Waals surface area contributed by atoms with Gasteiger partial charge in [0.25, 0.3) is 0 Å². The van der Waals surface area contributed by atoms with Gasteiger partial charge in [0.2, 0.25) is 0 Å². The Balaban J connectivity index is 3.37. The van der Waals surface area contributed by atoms with Crippen LogP contribution in [0, 0.1) is 17.8 Å². The highest BCUT2D eigenvalue weighted by molar-refractivity contribution is 4.95. The van der Waals surface area contributed by atoms with Gasteiger partial charge in [0.05, 0.1) is 6.04 Å². The molecule has 64 valence electrons. The molecule has 0 aromatic heterocycles. The number of rotatable bonds is 3. The summed E-state index contributed by atoms with van der Waals surface area (Å²) in [6.45, 7) is 9.71. The highest BCUT2D eigenvalue weighted by Gasteiger charge is 2.09. The van der Waals surface area contributed by atoms with E-state index in [0.717, 1.165) is 6.54 Å². The lowest BCUT2D eigenvalue weighted by molar-refractivity contribution is 0.364. The maximum absolute atomic E-state index is 5.21. The Hall–Kier alpha value is -0.480. The minimum Gasteiger partial charge on any atom is -0.304 e. The zero-order valence-electron chi connectivity index (χ0n) is 8.07. The van der Waals surface area contributed by atoms with E-state index in [-0.39, 0.29) is 6.04 Å². The van der Waals surface area contributed by atoms with Crippen LogP contribution < -0.4 is 5.32 Å². The summed E-state index contributed by atoms with van der Waals surface area (Å²) in [7, 11) is 0. The molecule has 11 heavy (non-hydrogen) atoms. The molecule has 1 unspecified atom stereocenters. The van der Waals surface area contributed by atoms with Gasteiger partial charge in [-0.05, 0) is 25.3 Å². The van der Waals surface area contributed by atoms with Crippen LogP contribution in [0.2, 0.25) is 0 Å². The number of nitrogens with one attached hydrogen (secondary N) is 1. The summed E-state index contributed by atoms with van der Waals surface area (Å²) in [4.78, 5) is 0. The van der Waals surface area contributed by atoms with Gasteiger partial charge in [0.1, 0.15) is 0 Å². The zero-order valence-corrected chi connectivity index (χ0v) is 8.07. The van der Waals surface area contributed by atoms with Crippen LogP contribution in [0.5, 0.6) is 0 Å². The topological polar surface area (TPSA) is 12.0 Å². The quantitative estimate of drug-likeness (QED) is 0.612. The highest BCUT2D eigenvalue weighted by atomic mass is 14.9. The van der Waals surface area contributed by atoms with Crippen LogP contribution in [0.25, 0.3) is 0 Å². The van der Waals surface area contributed by atoms with Crippen molar-refractivity contribution >= 4 is 0 Å². The molecule has 0 saturated carbocycles. The van der Waals surface area contributed by atoms with Crippen LogP contribution in [-0.4, -0.2) is 12.6 Å². The fraction of sp³-hybridized carbons (Fsp3) is 0.800. The minimum atomic E-state index is 0.206. The van der Waals surface area contributed by atoms with Gasteiger partial charge in [-0.1, -0.05) is 26.7 Å². The molecule has 0 aliphatic heterocycles. The van der Waals surface area contributed by atoms with Crippen molar-refractivity contribution in [3.63, 3.8) is 0 Å². The second-order valence-corrected chi connectivity index (χ2v) is 4.15. The van der Waals surface area contributed by atoms with E-state index in [1.807, 2.05) is 6.92 Å². The standard InChI is InChI=1S/C10H19N/c1-6-9(2)11-8-7-10(3,4)5/h1,9,11H,7-8H2,2-5H3. The molecule has 0 bridgehead atoms. The van der Waals surface area contributed by atoms with E-state index in [0.29, 0.717) is 5.41 Å². The van der Waals surface area contributed by atoms with Crippen molar-refractivity contribution in [3.05, 3.63) is 0 Å². The molecule has 1 atom stereocenters. The highest BCUT2D eigenvalue weighted by Crippen LogP contribution is 2.16. The molecule has 1 N–H and O–H groups in total. The van der Waals surface area contributed by atoms with E-state index >= 15 is 0 Å². The monoisotopic (exact) mass is 153 g/mol. The van der Waals surface area contributed by atoms with Crippen molar-refractivity contribution in [1.29, 1.82) is 0 Å². The maximum atomic E-state index is 5.21. The molecule has 1 heteroatoms. The lowest BCUT2D eigenvalue weighted by Crippen LogP contribution is -2.27. The molecule has 0 saturated heterocycles. The van der Waals surface area contributed by atoms with Crippen LogP contribution in [-0.2, 0) is 0 Å². The molecular weight excluding hydrogens is 134 g/mol. The summed E-state index contributed by atoms with van der Waals surface area (Å²) in [5.74, 6) is 2.64. The van der Waals surface area contributed by atoms with Gasteiger partial charge in [-0.3, -0.25) is 0 Å². The minimum absolute atomic E-state index is 0.206. The first-order valence-corrected chi connectivity index (χ1v) is 4.15. The van der Waals surface area contributed by atoms with E-state index in [1.165, 1.54) is 6.42 Å². The molecule has 0 aliphatic carbocycles. The Morgan fingerprint density at radius 3 is 2.36 bits per heavy atom. The predicted octanol–water partition coefficient (Wildman–Crippen LogP) is 2.03. The number of terminal acetylenes is 1. The molecule has 0 spiro atoms. The summed E-state index contributed by atoms with van der Waals surface area (Å²) < 4.78 is 0. The van der Waals surface area contributed by atoms with Gasteiger partial charge in [-0.2, -0.15) is 0 Å². The van der Waals surface area contributed by atoms with Crippen molar-refractivity contribution in [1.82, 2.24) is 5.32 Å². The van der Waals surface area contributed by atoms with Gasteiger partial charge in [0.15, 0.2) is 0 Å². The first-order chi connectivity index (χ1) is 4.95. The van der Waals surface area contributed by atoms with Crippen molar-refractivity contribution in [2.45, 2.75) is 40.2 Å². The lowest BCUT2D eigenvalue weighted by Gasteiger charge is -2.18.